The van der Waals surface area contributed by atoms with Gasteiger partial charge in [0, 0.05) is 32.7 Å². The van der Waals surface area contributed by atoms with E-state index < -0.39 is 0 Å². The van der Waals surface area contributed by atoms with Crippen LogP contribution in [0.5, 0.6) is 0 Å². The summed E-state index contributed by atoms with van der Waals surface area (Å²) >= 11 is 0. The molecule has 0 atom stereocenters. The van der Waals surface area contributed by atoms with Crippen molar-refractivity contribution in [3.05, 3.63) is 59.3 Å². The number of hydrogen-bond acceptors (Lipinski definition) is 4. The molecular weight excluding hydrogens is 411 g/mol. The van der Waals surface area contributed by atoms with Crippen molar-refractivity contribution in [3.63, 3.8) is 0 Å². The highest BCUT2D eigenvalue weighted by molar-refractivity contribution is 5.84. The highest BCUT2D eigenvalue weighted by Crippen LogP contribution is 2.15. The third-order valence-corrected chi connectivity index (χ3v) is 5.13. The summed E-state index contributed by atoms with van der Waals surface area (Å²) < 4.78 is 24.4. The number of ether oxygens (including phenoxy) is 1. The second-order valence-electron chi connectivity index (χ2n) is 7.86. The number of benzene rings is 1. The van der Waals surface area contributed by atoms with Crippen LogP contribution in [0.2, 0.25) is 0 Å². The second kappa shape index (κ2) is 13.7. The smallest absolute Gasteiger partial charge is 0.242 e. The topological polar surface area (TPSA) is 63.0 Å². The van der Waals surface area contributed by atoms with Crippen molar-refractivity contribution in [2.75, 3.05) is 26.3 Å². The molecule has 7 heteroatoms. The summed E-state index contributed by atoms with van der Waals surface area (Å²) in [5.41, 5.74) is 0.809. The summed E-state index contributed by atoms with van der Waals surface area (Å²) in [6.45, 7) is 8.03. The molecule has 0 saturated carbocycles. The maximum atomic E-state index is 13.3. The van der Waals surface area contributed by atoms with E-state index in [0.29, 0.717) is 44.9 Å². The average molecular weight is 447 g/mol. The maximum Gasteiger partial charge on any atom is 0.242 e. The predicted molar refractivity (Wildman–Crippen MR) is 121 cm³/mol. The van der Waals surface area contributed by atoms with Crippen molar-refractivity contribution >= 4 is 11.8 Å². The Morgan fingerprint density at radius 1 is 0.969 bits per heavy atom. The number of hydrogen-bond donors (Lipinski definition) is 0. The van der Waals surface area contributed by atoms with Crippen molar-refractivity contribution < 1.29 is 23.1 Å². The van der Waals surface area contributed by atoms with Crippen LogP contribution in [0, 0.1) is 12.7 Å². The largest absolute Gasteiger partial charge is 0.464 e. The van der Waals surface area contributed by atoms with Crippen LogP contribution in [-0.4, -0.2) is 47.9 Å². The Bertz CT molecular complexity index is 835. The molecule has 6 nitrogen and oxygen atoms in total. The average Bonchev–Trinajstić information content (AvgIpc) is 3.19. The highest BCUT2D eigenvalue weighted by atomic mass is 19.1. The van der Waals surface area contributed by atoms with Gasteiger partial charge in [-0.25, -0.2) is 4.39 Å². The van der Waals surface area contributed by atoms with Crippen LogP contribution in [-0.2, 0) is 27.4 Å². The summed E-state index contributed by atoms with van der Waals surface area (Å²) in [6.07, 6.45) is 2.81. The number of unbranched alkanes of at least 4 members (excludes halogenated alkanes) is 1. The molecule has 0 bridgehead atoms. The van der Waals surface area contributed by atoms with E-state index in [1.54, 1.807) is 21.9 Å². The fourth-order valence-corrected chi connectivity index (χ4v) is 3.34. The van der Waals surface area contributed by atoms with E-state index in [0.717, 1.165) is 24.2 Å². The minimum Gasteiger partial charge on any atom is -0.464 e. The molecule has 2 aromatic rings. The van der Waals surface area contributed by atoms with Crippen molar-refractivity contribution in [3.8, 4) is 0 Å². The van der Waals surface area contributed by atoms with Crippen molar-refractivity contribution in [2.24, 2.45) is 0 Å². The molecule has 1 aromatic heterocycles. The monoisotopic (exact) mass is 446 g/mol. The Labute approximate surface area is 190 Å². The normalized spacial score (nSPS) is 10.9. The van der Waals surface area contributed by atoms with Gasteiger partial charge in [-0.3, -0.25) is 9.59 Å². The predicted octanol–water partition coefficient (Wildman–Crippen LogP) is 4.70. The molecule has 0 saturated heterocycles. The summed E-state index contributed by atoms with van der Waals surface area (Å²) in [5.74, 6) is 0.909. The van der Waals surface area contributed by atoms with Gasteiger partial charge in [0.15, 0.2) is 0 Å². The second-order valence-corrected chi connectivity index (χ2v) is 7.86. The molecule has 2 amide bonds. The van der Waals surface area contributed by atoms with Gasteiger partial charge in [0.25, 0.3) is 0 Å². The molecule has 0 radical (unpaired) electrons. The number of rotatable bonds is 14. The Balaban J connectivity index is 2.13. The first-order valence-corrected chi connectivity index (χ1v) is 11.4. The van der Waals surface area contributed by atoms with Crippen LogP contribution in [0.15, 0.2) is 40.8 Å². The number of nitrogens with zero attached hydrogens (tertiary/aromatic N) is 2. The Morgan fingerprint density at radius 2 is 1.72 bits per heavy atom. The van der Waals surface area contributed by atoms with E-state index in [-0.39, 0.29) is 30.7 Å². The Hall–Kier alpha value is -2.67. The SMILES string of the molecule is CCCCC(=O)N(CCCOCC)CC(=O)N(Cc1ccc(F)cc1)Cc1ccc(C)o1. The zero-order valence-corrected chi connectivity index (χ0v) is 19.4. The minimum absolute atomic E-state index is 0.00441. The zero-order valence-electron chi connectivity index (χ0n) is 19.4. The first-order valence-electron chi connectivity index (χ1n) is 11.4. The van der Waals surface area contributed by atoms with E-state index in [1.807, 2.05) is 32.9 Å². The Morgan fingerprint density at radius 3 is 2.34 bits per heavy atom. The van der Waals surface area contributed by atoms with Gasteiger partial charge in [-0.1, -0.05) is 25.5 Å². The summed E-state index contributed by atoms with van der Waals surface area (Å²) in [7, 11) is 0. The van der Waals surface area contributed by atoms with E-state index in [9.17, 15) is 14.0 Å². The molecule has 0 fully saturated rings. The number of halogens is 1. The summed E-state index contributed by atoms with van der Waals surface area (Å²) in [5, 5.41) is 0. The molecule has 2 rings (SSSR count). The van der Waals surface area contributed by atoms with E-state index in [1.165, 1.54) is 12.1 Å². The van der Waals surface area contributed by atoms with Crippen LogP contribution in [0.1, 0.15) is 56.6 Å². The molecule has 1 heterocycles. The lowest BCUT2D eigenvalue weighted by molar-refractivity contribution is -0.141. The van der Waals surface area contributed by atoms with Gasteiger partial charge in [0.2, 0.25) is 11.8 Å². The molecule has 0 aliphatic heterocycles. The number of amides is 2. The van der Waals surface area contributed by atoms with Crippen molar-refractivity contribution in [1.82, 2.24) is 9.80 Å². The molecule has 0 aliphatic rings. The first-order chi connectivity index (χ1) is 15.4. The van der Waals surface area contributed by atoms with Gasteiger partial charge in [-0.15, -0.1) is 0 Å². The van der Waals surface area contributed by atoms with E-state index in [2.05, 4.69) is 0 Å². The van der Waals surface area contributed by atoms with Crippen LogP contribution in [0.4, 0.5) is 4.39 Å². The fourth-order valence-electron chi connectivity index (χ4n) is 3.34. The van der Waals surface area contributed by atoms with Crippen LogP contribution in [0.3, 0.4) is 0 Å². The number of carbonyl (C=O) groups is 2. The van der Waals surface area contributed by atoms with Gasteiger partial charge in [-0.05, 0) is 56.5 Å². The first kappa shape index (κ1) is 25.6. The lowest BCUT2D eigenvalue weighted by Gasteiger charge is -2.27. The Kier molecular flexibility index (Phi) is 10.9. The van der Waals surface area contributed by atoms with Gasteiger partial charge in [-0.2, -0.15) is 0 Å². The van der Waals surface area contributed by atoms with Gasteiger partial charge in [0.1, 0.15) is 17.3 Å². The molecule has 0 N–H and O–H groups in total. The van der Waals surface area contributed by atoms with Crippen LogP contribution < -0.4 is 0 Å². The standard InChI is InChI=1S/C25H35FN2O4/c1-4-6-8-24(29)27(15-7-16-31-5-2)19-25(30)28(18-23-14-9-20(3)32-23)17-21-10-12-22(26)13-11-21/h9-14H,4-8,15-19H2,1-3H3. The summed E-state index contributed by atoms with van der Waals surface area (Å²) in [4.78, 5) is 29.3. The van der Waals surface area contributed by atoms with Gasteiger partial charge >= 0.3 is 0 Å². The third-order valence-electron chi connectivity index (χ3n) is 5.13. The molecule has 0 spiro atoms. The highest BCUT2D eigenvalue weighted by Gasteiger charge is 2.22. The van der Waals surface area contributed by atoms with Crippen LogP contribution in [0.25, 0.3) is 0 Å². The molecule has 0 unspecified atom stereocenters. The quantitative estimate of drug-likeness (QED) is 0.395. The van der Waals surface area contributed by atoms with Crippen molar-refractivity contribution in [1.29, 1.82) is 0 Å². The lowest BCUT2D eigenvalue weighted by atomic mass is 10.2. The number of aryl methyl sites for hydroxylation is 1. The molecule has 176 valence electrons. The number of furan rings is 1. The van der Waals surface area contributed by atoms with E-state index >= 15 is 0 Å². The minimum atomic E-state index is -0.324. The third kappa shape index (κ3) is 8.83. The zero-order chi connectivity index (χ0) is 23.3. The molecule has 1 aromatic carbocycles. The fraction of sp³-hybridized carbons (Fsp3) is 0.520. The number of carbonyl (C=O) groups excluding carboxylic acids is 2. The molecule has 32 heavy (non-hydrogen) atoms. The van der Waals surface area contributed by atoms with E-state index in [4.69, 9.17) is 9.15 Å². The maximum absolute atomic E-state index is 13.3. The summed E-state index contributed by atoms with van der Waals surface area (Å²) in [6, 6.07) is 9.77. The molecule has 0 aliphatic carbocycles. The molecular formula is C25H35FN2O4. The van der Waals surface area contributed by atoms with Crippen molar-refractivity contribution in [2.45, 2.75) is 59.5 Å². The lowest BCUT2D eigenvalue weighted by Crippen LogP contribution is -2.43. The van der Waals surface area contributed by atoms with Gasteiger partial charge in [0.05, 0.1) is 13.1 Å². The van der Waals surface area contributed by atoms with Crippen LogP contribution >= 0.6 is 0 Å². The van der Waals surface area contributed by atoms with Gasteiger partial charge < -0.3 is 19.0 Å².